The Morgan fingerprint density at radius 3 is 2.74 bits per heavy atom. The number of fused-ring (bicyclic) bond motifs is 1. The van der Waals surface area contributed by atoms with Gasteiger partial charge in [0.1, 0.15) is 18.2 Å². The van der Waals surface area contributed by atoms with Gasteiger partial charge in [-0.15, -0.1) is 0 Å². The minimum absolute atomic E-state index is 0.217. The number of aromatic amines is 1. The molecule has 0 amide bonds. The lowest BCUT2D eigenvalue weighted by molar-refractivity contribution is 0.0697. The lowest BCUT2D eigenvalue weighted by Gasteiger charge is -2.08. The van der Waals surface area contributed by atoms with E-state index in [4.69, 9.17) is 21.4 Å². The number of nitrogens with one attached hydrogen (secondary N) is 1. The molecule has 4 aromatic rings. The first-order chi connectivity index (χ1) is 13.1. The van der Waals surface area contributed by atoms with E-state index in [1.54, 1.807) is 18.2 Å². The van der Waals surface area contributed by atoms with Gasteiger partial charge >= 0.3 is 5.97 Å². The number of hydrogen-bond donors (Lipinski definition) is 2. The third kappa shape index (κ3) is 3.64. The average molecular weight is 379 g/mol. The number of nitrogens with zero attached hydrogens (tertiary/aromatic N) is 1. The Morgan fingerprint density at radius 2 is 1.93 bits per heavy atom. The van der Waals surface area contributed by atoms with Crippen molar-refractivity contribution in [3.8, 4) is 17.1 Å². The van der Waals surface area contributed by atoms with Crippen LogP contribution >= 0.6 is 11.6 Å². The first kappa shape index (κ1) is 17.1. The third-order valence-electron chi connectivity index (χ3n) is 4.19. The monoisotopic (exact) mass is 378 g/mol. The molecular weight excluding hydrogens is 364 g/mol. The number of ether oxygens (including phenoxy) is 1. The summed E-state index contributed by atoms with van der Waals surface area (Å²) in [6.45, 7) is 0.366. The number of carboxylic acid groups (broad SMARTS) is 1. The molecule has 1 heterocycles. The molecule has 0 bridgehead atoms. The maximum atomic E-state index is 11.1. The molecule has 0 aliphatic carbocycles. The van der Waals surface area contributed by atoms with Crippen LogP contribution < -0.4 is 4.74 Å². The third-order valence-corrected chi connectivity index (χ3v) is 4.56. The van der Waals surface area contributed by atoms with Gasteiger partial charge < -0.3 is 14.8 Å². The summed E-state index contributed by atoms with van der Waals surface area (Å²) in [5, 5.41) is 9.78. The van der Waals surface area contributed by atoms with Crippen molar-refractivity contribution in [1.82, 2.24) is 9.97 Å². The van der Waals surface area contributed by atoms with E-state index in [0.717, 1.165) is 11.1 Å². The molecule has 0 radical (unpaired) electrons. The fourth-order valence-corrected chi connectivity index (χ4v) is 2.98. The molecule has 2 N–H and O–H groups in total. The van der Waals surface area contributed by atoms with Crippen LogP contribution in [0, 0.1) is 0 Å². The molecule has 1 aromatic heterocycles. The van der Waals surface area contributed by atoms with Gasteiger partial charge in [-0.05, 0) is 36.4 Å². The number of aromatic nitrogens is 2. The highest BCUT2D eigenvalue weighted by Gasteiger charge is 2.10. The van der Waals surface area contributed by atoms with Crippen LogP contribution in [0.1, 0.15) is 15.9 Å². The Bertz CT molecular complexity index is 1140. The summed E-state index contributed by atoms with van der Waals surface area (Å²) < 4.78 is 5.86. The van der Waals surface area contributed by atoms with Crippen LogP contribution in [0.15, 0.2) is 66.7 Å². The quantitative estimate of drug-likeness (QED) is 0.503. The minimum atomic E-state index is -0.969. The van der Waals surface area contributed by atoms with Crippen LogP contribution in [-0.4, -0.2) is 21.0 Å². The number of halogens is 1. The van der Waals surface area contributed by atoms with E-state index in [0.29, 0.717) is 34.2 Å². The molecule has 134 valence electrons. The molecule has 0 saturated heterocycles. The summed E-state index contributed by atoms with van der Waals surface area (Å²) in [5.41, 5.74) is 3.36. The zero-order chi connectivity index (χ0) is 18.8. The van der Waals surface area contributed by atoms with E-state index in [9.17, 15) is 4.79 Å². The highest BCUT2D eigenvalue weighted by molar-refractivity contribution is 6.31. The van der Waals surface area contributed by atoms with E-state index in [-0.39, 0.29) is 5.56 Å². The van der Waals surface area contributed by atoms with E-state index in [2.05, 4.69) is 9.97 Å². The number of hydrogen-bond acceptors (Lipinski definition) is 3. The summed E-state index contributed by atoms with van der Waals surface area (Å²) >= 11 is 6.16. The Balaban J connectivity index is 1.59. The molecule has 0 aliphatic rings. The first-order valence-corrected chi connectivity index (χ1v) is 8.67. The molecule has 5 nitrogen and oxygen atoms in total. The number of rotatable bonds is 5. The number of H-pyrrole nitrogens is 1. The van der Waals surface area contributed by atoms with Crippen molar-refractivity contribution >= 4 is 28.6 Å². The summed E-state index contributed by atoms with van der Waals surface area (Å²) in [7, 11) is 0. The van der Waals surface area contributed by atoms with Crippen LogP contribution in [0.5, 0.6) is 5.75 Å². The largest absolute Gasteiger partial charge is 0.489 e. The van der Waals surface area contributed by atoms with Gasteiger partial charge in [0.05, 0.1) is 16.6 Å². The van der Waals surface area contributed by atoms with Gasteiger partial charge in [-0.1, -0.05) is 41.9 Å². The van der Waals surface area contributed by atoms with Crippen LogP contribution in [0.2, 0.25) is 5.02 Å². The smallest absolute Gasteiger partial charge is 0.335 e. The summed E-state index contributed by atoms with van der Waals surface area (Å²) in [5.74, 6) is 0.373. The highest BCUT2D eigenvalue weighted by atomic mass is 35.5. The molecule has 0 fully saturated rings. The summed E-state index contributed by atoms with van der Waals surface area (Å²) in [4.78, 5) is 18.8. The van der Waals surface area contributed by atoms with Gasteiger partial charge in [0.15, 0.2) is 0 Å². The number of aromatic carboxylic acids is 1. The fraction of sp³-hybridized carbons (Fsp3) is 0.0476. The number of carbonyl (C=O) groups is 1. The number of carboxylic acids is 1. The molecule has 0 saturated carbocycles. The van der Waals surface area contributed by atoms with Gasteiger partial charge in [0, 0.05) is 16.1 Å². The van der Waals surface area contributed by atoms with Crippen LogP contribution in [0.4, 0.5) is 0 Å². The minimum Gasteiger partial charge on any atom is -0.489 e. The normalized spacial score (nSPS) is 10.9. The van der Waals surface area contributed by atoms with Crippen LogP contribution in [-0.2, 0) is 6.61 Å². The molecule has 0 unspecified atom stereocenters. The number of imidazole rings is 1. The second-order valence-corrected chi connectivity index (χ2v) is 6.44. The standard InChI is InChI=1S/C21H15ClN2O3/c22-17-7-2-1-4-15(17)12-27-16-6-3-5-13(10-16)20-23-18-9-8-14(21(25)26)11-19(18)24-20/h1-11H,12H2,(H,23,24)(H,25,26). The topological polar surface area (TPSA) is 75.2 Å². The van der Waals surface area contributed by atoms with Crippen molar-refractivity contribution in [3.63, 3.8) is 0 Å². The second-order valence-electron chi connectivity index (χ2n) is 6.03. The van der Waals surface area contributed by atoms with Gasteiger partial charge in [0.2, 0.25) is 0 Å². The fourth-order valence-electron chi connectivity index (χ4n) is 2.79. The molecule has 27 heavy (non-hydrogen) atoms. The first-order valence-electron chi connectivity index (χ1n) is 8.30. The maximum absolute atomic E-state index is 11.1. The Hall–Kier alpha value is -3.31. The van der Waals surface area contributed by atoms with Crippen molar-refractivity contribution in [2.24, 2.45) is 0 Å². The van der Waals surface area contributed by atoms with Gasteiger partial charge in [-0.3, -0.25) is 0 Å². The van der Waals surface area contributed by atoms with Crippen molar-refractivity contribution in [2.75, 3.05) is 0 Å². The van der Waals surface area contributed by atoms with Gasteiger partial charge in [-0.2, -0.15) is 0 Å². The van der Waals surface area contributed by atoms with E-state index in [1.807, 2.05) is 48.5 Å². The maximum Gasteiger partial charge on any atom is 0.335 e. The van der Waals surface area contributed by atoms with Crippen molar-refractivity contribution in [2.45, 2.75) is 6.61 Å². The zero-order valence-electron chi connectivity index (χ0n) is 14.1. The molecule has 4 rings (SSSR count). The predicted octanol–water partition coefficient (Wildman–Crippen LogP) is 5.16. The molecule has 6 heteroatoms. The Labute approximate surface area is 160 Å². The average Bonchev–Trinajstić information content (AvgIpc) is 3.11. The van der Waals surface area contributed by atoms with Gasteiger partial charge in [-0.25, -0.2) is 9.78 Å². The molecule has 0 spiro atoms. The van der Waals surface area contributed by atoms with Crippen LogP contribution in [0.3, 0.4) is 0 Å². The van der Waals surface area contributed by atoms with Crippen LogP contribution in [0.25, 0.3) is 22.4 Å². The second kappa shape index (κ2) is 7.13. The van der Waals surface area contributed by atoms with Crippen molar-refractivity contribution in [3.05, 3.63) is 82.9 Å². The highest BCUT2D eigenvalue weighted by Crippen LogP contribution is 2.26. The summed E-state index contributed by atoms with van der Waals surface area (Å²) in [6.07, 6.45) is 0. The van der Waals surface area contributed by atoms with E-state index in [1.165, 1.54) is 0 Å². The van der Waals surface area contributed by atoms with Crippen molar-refractivity contribution < 1.29 is 14.6 Å². The molecular formula is C21H15ClN2O3. The molecule has 0 aliphatic heterocycles. The van der Waals surface area contributed by atoms with E-state index < -0.39 is 5.97 Å². The summed E-state index contributed by atoms with van der Waals surface area (Å²) in [6, 6.07) is 19.9. The lowest BCUT2D eigenvalue weighted by Crippen LogP contribution is -1.96. The Kier molecular flexibility index (Phi) is 4.52. The zero-order valence-corrected chi connectivity index (χ0v) is 14.9. The van der Waals surface area contributed by atoms with Crippen molar-refractivity contribution in [1.29, 1.82) is 0 Å². The SMILES string of the molecule is O=C(O)c1ccc2nc(-c3cccc(OCc4ccccc4Cl)c3)[nH]c2c1. The molecule has 0 atom stereocenters. The molecule has 3 aromatic carbocycles. The Morgan fingerprint density at radius 1 is 1.07 bits per heavy atom. The predicted molar refractivity (Wildman–Crippen MR) is 104 cm³/mol. The van der Waals surface area contributed by atoms with Gasteiger partial charge in [0.25, 0.3) is 0 Å². The number of benzene rings is 3. The lowest BCUT2D eigenvalue weighted by atomic mass is 10.2. The van der Waals surface area contributed by atoms with E-state index >= 15 is 0 Å².